The number of anilines is 5. The van der Waals surface area contributed by atoms with Crippen molar-refractivity contribution in [3.05, 3.63) is 179 Å². The highest BCUT2D eigenvalue weighted by Crippen LogP contribution is 2.61. The van der Waals surface area contributed by atoms with Gasteiger partial charge in [0, 0.05) is 227 Å². The molecule has 6 aromatic rings. The zero-order chi connectivity index (χ0) is 101. The lowest BCUT2D eigenvalue weighted by molar-refractivity contribution is -0.212. The third-order valence-electron chi connectivity index (χ3n) is 28.4. The summed E-state index contributed by atoms with van der Waals surface area (Å²) in [6.45, 7) is 34.4. The van der Waals surface area contributed by atoms with E-state index in [1.54, 1.807) is 71.6 Å². The van der Waals surface area contributed by atoms with E-state index in [9.17, 15) is 125 Å². The van der Waals surface area contributed by atoms with Crippen LogP contribution in [0.1, 0.15) is 270 Å². The molecule has 39 heteroatoms. The Kier molecular flexibility index (Phi) is 27.0. The molecule has 13 aliphatic rings. The van der Waals surface area contributed by atoms with Gasteiger partial charge in [-0.1, -0.05) is 20.8 Å². The van der Waals surface area contributed by atoms with Gasteiger partial charge in [0.15, 0.2) is 0 Å². The van der Waals surface area contributed by atoms with Crippen LogP contribution in [0, 0.1) is 35.5 Å². The highest BCUT2D eigenvalue weighted by Gasteiger charge is 2.68. The van der Waals surface area contributed by atoms with E-state index in [-0.39, 0.29) is 210 Å². The molecule has 748 valence electrons. The zero-order valence-corrected chi connectivity index (χ0v) is 78.7. The van der Waals surface area contributed by atoms with Crippen LogP contribution >= 0.6 is 0 Å². The summed E-state index contributed by atoms with van der Waals surface area (Å²) in [6, 6.07) is 15.2. The van der Waals surface area contributed by atoms with E-state index in [0.717, 1.165) is 63.9 Å². The van der Waals surface area contributed by atoms with Crippen molar-refractivity contribution in [1.29, 1.82) is 0 Å². The molecule has 1 atom stereocenters. The minimum atomic E-state index is -4.60. The first kappa shape index (κ1) is 102. The van der Waals surface area contributed by atoms with Crippen molar-refractivity contribution >= 4 is 63.9 Å². The molecule has 17 nitrogen and oxygen atoms in total. The van der Waals surface area contributed by atoms with Crippen LogP contribution in [0.25, 0.3) is 0 Å². The van der Waals surface area contributed by atoms with Crippen LogP contribution in [-0.2, 0) is 76.3 Å². The molecule has 7 fully saturated rings. The van der Waals surface area contributed by atoms with E-state index in [2.05, 4.69) is 20.8 Å². The second-order valence-corrected chi connectivity index (χ2v) is 40.8. The minimum Gasteiger partial charge on any atom is -0.371 e. The van der Waals surface area contributed by atoms with E-state index in [0.29, 0.717) is 59.9 Å². The predicted molar refractivity (Wildman–Crippen MR) is 470 cm³/mol. The van der Waals surface area contributed by atoms with Crippen molar-refractivity contribution in [2.24, 2.45) is 28.6 Å². The number of halogens is 22. The van der Waals surface area contributed by atoms with Crippen LogP contribution in [0.15, 0.2) is 72.8 Å². The molecular weight excluding hydrogens is 1850 g/mol. The molecule has 6 amide bonds. The van der Waals surface area contributed by atoms with Gasteiger partial charge in [-0.3, -0.25) is 28.8 Å². The fraction of sp³-hybridized carbons (Fsp3) is 0.571. The first-order valence-corrected chi connectivity index (χ1v) is 45.9. The maximum Gasteiger partial charge on any atom is 0.416 e. The van der Waals surface area contributed by atoms with Gasteiger partial charge < -0.3 is 53.9 Å². The summed E-state index contributed by atoms with van der Waals surface area (Å²) in [5.41, 5.74) is -2.13. The van der Waals surface area contributed by atoms with Gasteiger partial charge in [0.2, 0.25) is 5.92 Å². The molecule has 0 radical (unpaired) electrons. The normalized spacial score (nSPS) is 20.6. The Hall–Kier alpha value is -10.4. The van der Waals surface area contributed by atoms with Gasteiger partial charge in [0.25, 0.3) is 41.4 Å². The van der Waals surface area contributed by atoms with Crippen molar-refractivity contribution in [2.75, 3.05) is 89.9 Å². The number of carbonyl (C=O) groups excluding carboxylic acids is 6. The maximum atomic E-state index is 13.8. The second-order valence-electron chi connectivity index (χ2n) is 40.8. The highest BCUT2D eigenvalue weighted by molar-refractivity contribution is 6.04. The molecule has 2 spiro atoms. The Morgan fingerprint density at radius 1 is 0.292 bits per heavy atom. The van der Waals surface area contributed by atoms with Crippen molar-refractivity contribution in [2.45, 2.75) is 267 Å². The van der Waals surface area contributed by atoms with Crippen LogP contribution in [-0.4, -0.2) is 178 Å². The van der Waals surface area contributed by atoms with E-state index >= 15 is 0 Å². The predicted octanol–water partition coefficient (Wildman–Crippen LogP) is 23.0. The summed E-state index contributed by atoms with van der Waals surface area (Å²) in [7, 11) is 0. The third kappa shape index (κ3) is 19.9. The first-order chi connectivity index (χ1) is 63.1. The van der Waals surface area contributed by atoms with Gasteiger partial charge in [-0.2, -0.15) is 79.0 Å². The number of fused-ring (bicyclic) bond motifs is 6. The molecule has 0 N–H and O–H groups in total. The van der Waals surface area contributed by atoms with Crippen LogP contribution < -0.4 is 24.5 Å². The number of nitrogens with zero attached hydrogens (tertiary/aromatic N) is 11. The summed E-state index contributed by atoms with van der Waals surface area (Å²) in [6.07, 6.45) is -26.2. The van der Waals surface area contributed by atoms with Crippen molar-refractivity contribution in [1.82, 2.24) is 29.4 Å². The Morgan fingerprint density at radius 2 is 0.518 bits per heavy atom. The van der Waals surface area contributed by atoms with E-state index < -0.39 is 105 Å². The van der Waals surface area contributed by atoms with E-state index in [4.69, 9.17) is 0 Å². The summed E-state index contributed by atoms with van der Waals surface area (Å²) in [5.74, 6) is -6.05. The number of hydrogen-bond donors (Lipinski definition) is 0. The van der Waals surface area contributed by atoms with Crippen molar-refractivity contribution < 1.29 is 125 Å². The number of benzene rings is 6. The molecule has 5 saturated heterocycles. The van der Waals surface area contributed by atoms with Crippen molar-refractivity contribution in [3.8, 4) is 0 Å². The zero-order valence-electron chi connectivity index (χ0n) is 78.7. The summed E-state index contributed by atoms with van der Waals surface area (Å²) < 4.78 is 295. The summed E-state index contributed by atoms with van der Waals surface area (Å²) >= 11 is 0. The van der Waals surface area contributed by atoms with Gasteiger partial charge in [-0.05, 0) is 232 Å². The highest BCUT2D eigenvalue weighted by atomic mass is 19.4. The minimum absolute atomic E-state index is 0.00497. The van der Waals surface area contributed by atoms with Crippen LogP contribution in [0.4, 0.5) is 125 Å². The molecule has 1 unspecified atom stereocenters. The van der Waals surface area contributed by atoms with Gasteiger partial charge >= 0.3 is 37.1 Å². The fourth-order valence-electron chi connectivity index (χ4n) is 20.7. The topological polar surface area (TPSA) is 138 Å². The molecule has 11 aliphatic heterocycles. The smallest absolute Gasteiger partial charge is 0.371 e. The maximum absolute atomic E-state index is 13.8. The molecule has 0 bridgehead atoms. The molecule has 2 saturated carbocycles. The number of alkyl halides is 22. The van der Waals surface area contributed by atoms with Crippen LogP contribution in [0.2, 0.25) is 0 Å². The molecule has 137 heavy (non-hydrogen) atoms. The van der Waals surface area contributed by atoms with Crippen LogP contribution in [0.5, 0.6) is 0 Å². The lowest BCUT2D eigenvalue weighted by atomic mass is 9.60. The second kappa shape index (κ2) is 36.0. The quantitative estimate of drug-likeness (QED) is 0.115. The average Bonchev–Trinajstić information content (AvgIpc) is 1.13. The number of aryl methyl sites for hydroxylation is 1. The van der Waals surface area contributed by atoms with Gasteiger partial charge in [-0.15, -0.1) is 0 Å². The Labute approximate surface area is 779 Å². The fourth-order valence-corrected chi connectivity index (χ4v) is 20.7. The Bertz CT molecular complexity index is 5590. The average molecular weight is 1960 g/mol. The third-order valence-corrected chi connectivity index (χ3v) is 28.4. The standard InChI is InChI=1S/2C18H19F5N2O.C17H21F3N2O.2C16H19F3N2O.C13H14F3NO/c1-10(2)25-5-13-12(15(25)26)3-11(4-14(13)18(21,22)23)24-8-16(9-24)6-17(19,20)7-16;1-10(2)25-7-13-12(15(25)26)5-11(6-14(13)18(21,22)23)24-8-16(9-24)3-4-17(16,19)20;1-10(2)22-9-14-13(16(22)23)6-12(7-15(14)17(18,19)20)21-5-4-11(3)8-21;2*1-9(2)21-8-13-12(15(21)22)4-11(20-6-10(3)7-20)5-14(13)16(17,18)19;1-7(2)17-6-10-9(12(17)18)4-8(3)5-11(10)13(14,15)16/h3-4,10H,5-9H2,1-2H3;5-6,10H,3-4,7-9H2,1-2H3;6-7,10-11H,4-5,8-9H2,1-3H3;2*4-5,9-10H,6-8H2,1-3H3;4-5,7H,6H2,1-3H3. The summed E-state index contributed by atoms with van der Waals surface area (Å²) in [4.78, 5) is 92.0. The SMILES string of the molecule is CC(C)N1Cc2c(cc(N3CC4(C3)CC(F)(F)C4)cc2C(F)(F)F)C1=O.CC(C)N1Cc2c(cc(N3CC4(CCC4(F)F)C3)cc2C(F)(F)F)C1=O.CC1CCN(c2cc3c(c(C(F)(F)F)c2)CN(C(C)C)C3=O)C1.CC1CN(c2cc3c(c(C(F)(F)F)c2)CN(C(C)C)C3=O)C1.CC1CN(c2cc3c(c(C(F)(F)F)c2)CN(C(C)C)C3=O)C1.Cc1cc2c(c(C(F)(F)F)c1)CN(C(C)C)C2=O. The molecule has 6 aromatic carbocycles. The molecule has 11 heterocycles. The number of carbonyl (C=O) groups is 6. The summed E-state index contributed by atoms with van der Waals surface area (Å²) in [5, 5.41) is 0. The monoisotopic (exact) mass is 1960 g/mol. The van der Waals surface area contributed by atoms with Gasteiger partial charge in [-0.25, -0.2) is 17.6 Å². The van der Waals surface area contributed by atoms with E-state index in [1.165, 1.54) is 70.7 Å². The molecular formula is C98H111F22N11O6. The lowest BCUT2D eigenvalue weighted by Gasteiger charge is -2.60. The van der Waals surface area contributed by atoms with Gasteiger partial charge in [0.1, 0.15) is 0 Å². The van der Waals surface area contributed by atoms with Crippen LogP contribution in [0.3, 0.4) is 0 Å². The molecule has 19 rings (SSSR count). The molecule has 2 aliphatic carbocycles. The Balaban J connectivity index is 0.000000132. The first-order valence-electron chi connectivity index (χ1n) is 45.9. The lowest BCUT2D eigenvalue weighted by Crippen LogP contribution is -2.70. The largest absolute Gasteiger partial charge is 0.416 e. The van der Waals surface area contributed by atoms with Gasteiger partial charge in [0.05, 0.1) is 38.8 Å². The number of hydrogen-bond acceptors (Lipinski definition) is 11. The number of rotatable bonds is 11. The Morgan fingerprint density at radius 3 is 0.723 bits per heavy atom. The molecule has 0 aromatic heterocycles. The van der Waals surface area contributed by atoms with Crippen molar-refractivity contribution in [3.63, 3.8) is 0 Å². The van der Waals surface area contributed by atoms with E-state index in [1.807, 2.05) is 56.2 Å². The number of amides is 6.